The Hall–Kier alpha value is -1.10. The third kappa shape index (κ3) is 4.19. The minimum absolute atomic E-state index is 0.224. The molecule has 1 aliphatic heterocycles. The number of methoxy groups -OCH3 is 1. The van der Waals surface area contributed by atoms with Crippen LogP contribution in [-0.4, -0.2) is 49.8 Å². The summed E-state index contributed by atoms with van der Waals surface area (Å²) in [5, 5.41) is 14.1. The van der Waals surface area contributed by atoms with E-state index < -0.39 is 6.10 Å². The molecule has 2 N–H and O–H groups in total. The van der Waals surface area contributed by atoms with Gasteiger partial charge in [-0.2, -0.15) is 0 Å². The minimum Gasteiger partial charge on any atom is -0.497 e. The molecular weight excluding hydrogens is 264 g/mol. The highest BCUT2D eigenvalue weighted by Crippen LogP contribution is 2.29. The number of benzene rings is 1. The number of rotatable bonds is 6. The fourth-order valence-corrected chi connectivity index (χ4v) is 3.01. The van der Waals surface area contributed by atoms with E-state index >= 15 is 0 Å². The van der Waals surface area contributed by atoms with Crippen LogP contribution in [0.3, 0.4) is 0 Å². The molecule has 1 fully saturated rings. The van der Waals surface area contributed by atoms with Gasteiger partial charge >= 0.3 is 0 Å². The number of aliphatic hydroxyl groups excluding tert-OH is 1. The molecule has 1 aromatic carbocycles. The predicted molar refractivity (Wildman–Crippen MR) is 85.8 cm³/mol. The van der Waals surface area contributed by atoms with Crippen LogP contribution in [0.25, 0.3) is 0 Å². The van der Waals surface area contributed by atoms with Crippen molar-refractivity contribution >= 4 is 0 Å². The Labute approximate surface area is 128 Å². The minimum atomic E-state index is -0.416. The van der Waals surface area contributed by atoms with Crippen LogP contribution in [0.5, 0.6) is 5.75 Å². The quantitative estimate of drug-likeness (QED) is 0.840. The zero-order valence-electron chi connectivity index (χ0n) is 13.4. The molecule has 2 atom stereocenters. The van der Waals surface area contributed by atoms with Gasteiger partial charge in [-0.3, -0.25) is 0 Å². The standard InChI is InChI=1S/C17H28N2O2/c1-4-14-11-15(21-3)5-6-16(14)17(20)13(2)12-19-9-7-18-8-10-19/h5-6,11,13,17-18,20H,4,7-10,12H2,1-3H3. The lowest BCUT2D eigenvalue weighted by atomic mass is 9.92. The molecule has 118 valence electrons. The average Bonchev–Trinajstić information content (AvgIpc) is 2.54. The maximum atomic E-state index is 10.7. The summed E-state index contributed by atoms with van der Waals surface area (Å²) in [6.07, 6.45) is 0.491. The van der Waals surface area contributed by atoms with Gasteiger partial charge in [0, 0.05) is 32.7 Å². The van der Waals surface area contributed by atoms with Gasteiger partial charge in [0.15, 0.2) is 0 Å². The number of aliphatic hydroxyl groups is 1. The van der Waals surface area contributed by atoms with E-state index in [-0.39, 0.29) is 5.92 Å². The van der Waals surface area contributed by atoms with Crippen molar-refractivity contribution < 1.29 is 9.84 Å². The number of nitrogens with zero attached hydrogens (tertiary/aromatic N) is 1. The summed E-state index contributed by atoms with van der Waals surface area (Å²) >= 11 is 0. The summed E-state index contributed by atoms with van der Waals surface area (Å²) in [6, 6.07) is 5.99. The predicted octanol–water partition coefficient (Wildman–Crippen LogP) is 1.83. The van der Waals surface area contributed by atoms with Gasteiger partial charge in [0.05, 0.1) is 13.2 Å². The fourth-order valence-electron chi connectivity index (χ4n) is 3.01. The Morgan fingerprint density at radius 2 is 2.05 bits per heavy atom. The van der Waals surface area contributed by atoms with E-state index in [2.05, 4.69) is 24.1 Å². The Balaban J connectivity index is 2.05. The van der Waals surface area contributed by atoms with Crippen molar-refractivity contribution in [3.8, 4) is 5.75 Å². The van der Waals surface area contributed by atoms with E-state index in [4.69, 9.17) is 4.74 Å². The Bertz CT molecular complexity index is 444. The van der Waals surface area contributed by atoms with Gasteiger partial charge in [0.1, 0.15) is 5.75 Å². The fraction of sp³-hybridized carbons (Fsp3) is 0.647. The molecule has 1 heterocycles. The lowest BCUT2D eigenvalue weighted by molar-refractivity contribution is 0.0835. The van der Waals surface area contributed by atoms with Gasteiger partial charge in [-0.05, 0) is 35.6 Å². The van der Waals surface area contributed by atoms with Crippen LogP contribution >= 0.6 is 0 Å². The largest absolute Gasteiger partial charge is 0.497 e. The molecule has 21 heavy (non-hydrogen) atoms. The third-order valence-electron chi connectivity index (χ3n) is 4.34. The highest BCUT2D eigenvalue weighted by atomic mass is 16.5. The van der Waals surface area contributed by atoms with Crippen molar-refractivity contribution in [2.24, 2.45) is 5.92 Å². The van der Waals surface area contributed by atoms with Crippen molar-refractivity contribution in [3.63, 3.8) is 0 Å². The number of ether oxygens (including phenoxy) is 1. The van der Waals surface area contributed by atoms with Crippen LogP contribution in [0.1, 0.15) is 31.1 Å². The molecule has 0 spiro atoms. The summed E-state index contributed by atoms with van der Waals surface area (Å²) in [5.74, 6) is 1.08. The number of piperazine rings is 1. The first-order valence-corrected chi connectivity index (χ1v) is 7.93. The van der Waals surface area contributed by atoms with Crippen molar-refractivity contribution in [3.05, 3.63) is 29.3 Å². The highest BCUT2D eigenvalue weighted by molar-refractivity contribution is 5.37. The summed E-state index contributed by atoms with van der Waals surface area (Å²) in [7, 11) is 1.68. The molecule has 2 rings (SSSR count). The van der Waals surface area contributed by atoms with E-state index in [1.54, 1.807) is 7.11 Å². The summed E-state index contributed by atoms with van der Waals surface area (Å²) in [4.78, 5) is 2.43. The monoisotopic (exact) mass is 292 g/mol. The maximum absolute atomic E-state index is 10.7. The molecule has 0 aliphatic carbocycles. The second kappa shape index (κ2) is 7.78. The van der Waals surface area contributed by atoms with Crippen LogP contribution in [0.15, 0.2) is 18.2 Å². The van der Waals surface area contributed by atoms with Crippen molar-refractivity contribution in [1.29, 1.82) is 0 Å². The van der Waals surface area contributed by atoms with Gasteiger partial charge in [0.25, 0.3) is 0 Å². The SMILES string of the molecule is CCc1cc(OC)ccc1C(O)C(C)CN1CCNCC1. The second-order valence-electron chi connectivity index (χ2n) is 5.89. The molecule has 0 aromatic heterocycles. The van der Waals surface area contributed by atoms with Gasteiger partial charge in [-0.1, -0.05) is 19.9 Å². The molecule has 0 saturated carbocycles. The number of hydrogen-bond acceptors (Lipinski definition) is 4. The zero-order chi connectivity index (χ0) is 15.2. The van der Waals surface area contributed by atoms with E-state index in [1.807, 2.05) is 18.2 Å². The first-order valence-electron chi connectivity index (χ1n) is 7.93. The molecule has 4 nitrogen and oxygen atoms in total. The smallest absolute Gasteiger partial charge is 0.119 e. The summed E-state index contributed by atoms with van der Waals surface area (Å²) in [5.41, 5.74) is 2.22. The molecule has 1 aromatic rings. The normalized spacial score (nSPS) is 19.2. The van der Waals surface area contributed by atoms with Crippen LogP contribution in [0.4, 0.5) is 0 Å². The van der Waals surface area contributed by atoms with Gasteiger partial charge < -0.3 is 20.1 Å². The first-order chi connectivity index (χ1) is 10.2. The van der Waals surface area contributed by atoms with Gasteiger partial charge in [0.2, 0.25) is 0 Å². The van der Waals surface area contributed by atoms with Crippen molar-refractivity contribution in [1.82, 2.24) is 10.2 Å². The van der Waals surface area contributed by atoms with Crippen LogP contribution in [0.2, 0.25) is 0 Å². The number of hydrogen-bond donors (Lipinski definition) is 2. The van der Waals surface area contributed by atoms with E-state index in [9.17, 15) is 5.11 Å². The summed E-state index contributed by atoms with van der Waals surface area (Å²) in [6.45, 7) is 9.43. The lowest BCUT2D eigenvalue weighted by Gasteiger charge is -2.32. The molecule has 1 aliphatic rings. The molecule has 4 heteroatoms. The Morgan fingerprint density at radius 1 is 1.33 bits per heavy atom. The van der Waals surface area contributed by atoms with Crippen LogP contribution in [0, 0.1) is 5.92 Å². The maximum Gasteiger partial charge on any atom is 0.119 e. The third-order valence-corrected chi connectivity index (χ3v) is 4.34. The Kier molecular flexibility index (Phi) is 6.03. The van der Waals surface area contributed by atoms with Gasteiger partial charge in [-0.15, -0.1) is 0 Å². The van der Waals surface area contributed by atoms with Crippen molar-refractivity contribution in [2.75, 3.05) is 39.8 Å². The molecule has 1 saturated heterocycles. The Morgan fingerprint density at radius 3 is 2.67 bits per heavy atom. The summed E-state index contributed by atoms with van der Waals surface area (Å²) < 4.78 is 5.28. The molecule has 0 radical (unpaired) electrons. The zero-order valence-corrected chi connectivity index (χ0v) is 13.4. The van der Waals surface area contributed by atoms with Crippen LogP contribution in [-0.2, 0) is 6.42 Å². The van der Waals surface area contributed by atoms with E-state index in [1.165, 1.54) is 5.56 Å². The topological polar surface area (TPSA) is 44.7 Å². The van der Waals surface area contributed by atoms with E-state index in [0.717, 1.165) is 50.5 Å². The molecule has 0 amide bonds. The number of nitrogens with one attached hydrogen (secondary N) is 1. The lowest BCUT2D eigenvalue weighted by Crippen LogP contribution is -2.45. The average molecular weight is 292 g/mol. The molecular formula is C17H28N2O2. The second-order valence-corrected chi connectivity index (χ2v) is 5.89. The number of aryl methyl sites for hydroxylation is 1. The van der Waals surface area contributed by atoms with Gasteiger partial charge in [-0.25, -0.2) is 0 Å². The first kappa shape index (κ1) is 16.3. The van der Waals surface area contributed by atoms with Crippen molar-refractivity contribution in [2.45, 2.75) is 26.4 Å². The molecule has 0 bridgehead atoms. The van der Waals surface area contributed by atoms with E-state index in [0.29, 0.717) is 0 Å². The highest BCUT2D eigenvalue weighted by Gasteiger charge is 2.22. The molecule has 2 unspecified atom stereocenters. The van der Waals surface area contributed by atoms with Crippen LogP contribution < -0.4 is 10.1 Å².